The zero-order valence-electron chi connectivity index (χ0n) is 14.6. The van der Waals surface area contributed by atoms with Gasteiger partial charge in [0.05, 0.1) is 17.6 Å². The van der Waals surface area contributed by atoms with Gasteiger partial charge in [0.25, 0.3) is 0 Å². The third-order valence-corrected chi connectivity index (χ3v) is 7.42. The van der Waals surface area contributed by atoms with Crippen LogP contribution in [0.1, 0.15) is 26.2 Å². The molecule has 0 radical (unpaired) electrons. The van der Waals surface area contributed by atoms with Crippen LogP contribution >= 0.6 is 0 Å². The molecular formula is C18H28N2O3S. The average molecular weight is 353 g/mol. The molecule has 3 rings (SSSR count). The Morgan fingerprint density at radius 3 is 2.54 bits per heavy atom. The number of rotatable bonds is 5. The lowest BCUT2D eigenvalue weighted by Gasteiger charge is -2.37. The number of piperidine rings is 1. The minimum atomic E-state index is -3.36. The highest BCUT2D eigenvalue weighted by atomic mass is 32.2. The zero-order valence-corrected chi connectivity index (χ0v) is 15.5. The maximum Gasteiger partial charge on any atom is 0.243 e. The van der Waals surface area contributed by atoms with Gasteiger partial charge in [-0.15, -0.1) is 0 Å². The van der Waals surface area contributed by atoms with Crippen molar-refractivity contribution in [3.8, 4) is 0 Å². The van der Waals surface area contributed by atoms with Gasteiger partial charge >= 0.3 is 0 Å². The molecule has 1 atom stereocenters. The predicted molar refractivity (Wildman–Crippen MR) is 94.4 cm³/mol. The highest BCUT2D eigenvalue weighted by molar-refractivity contribution is 7.89. The first-order valence-electron chi connectivity index (χ1n) is 8.81. The maximum atomic E-state index is 12.7. The molecule has 2 heterocycles. The molecule has 1 aromatic carbocycles. The number of sulfonamides is 1. The molecule has 2 fully saturated rings. The van der Waals surface area contributed by atoms with Crippen molar-refractivity contribution in [3.63, 3.8) is 0 Å². The highest BCUT2D eigenvalue weighted by Crippen LogP contribution is 2.43. The molecule has 0 aromatic heterocycles. The SMILES string of the molecule is CCN(C)C[C@H]1CC2(CCN(S(=O)(=O)c3ccccc3)CC2)CO1. The number of benzene rings is 1. The van der Waals surface area contributed by atoms with Crippen LogP contribution in [0.15, 0.2) is 35.2 Å². The molecule has 0 unspecified atom stereocenters. The van der Waals surface area contributed by atoms with Crippen LogP contribution < -0.4 is 0 Å². The van der Waals surface area contributed by atoms with Gasteiger partial charge in [0.2, 0.25) is 10.0 Å². The Balaban J connectivity index is 1.60. The summed E-state index contributed by atoms with van der Waals surface area (Å²) in [6.07, 6.45) is 3.13. The Morgan fingerprint density at radius 1 is 1.25 bits per heavy atom. The van der Waals surface area contributed by atoms with Gasteiger partial charge < -0.3 is 9.64 Å². The Morgan fingerprint density at radius 2 is 1.92 bits per heavy atom. The molecule has 24 heavy (non-hydrogen) atoms. The number of likely N-dealkylation sites (N-methyl/N-ethyl adjacent to an activating group) is 1. The van der Waals surface area contributed by atoms with E-state index in [1.165, 1.54) is 0 Å². The van der Waals surface area contributed by atoms with Crippen molar-refractivity contribution in [2.45, 2.75) is 37.2 Å². The molecule has 2 saturated heterocycles. The van der Waals surface area contributed by atoms with Crippen molar-refractivity contribution in [1.29, 1.82) is 0 Å². The molecule has 1 spiro atoms. The van der Waals surface area contributed by atoms with Crippen LogP contribution in [0, 0.1) is 5.41 Å². The first kappa shape index (κ1) is 17.9. The molecular weight excluding hydrogens is 324 g/mol. The fourth-order valence-electron chi connectivity index (χ4n) is 3.78. The van der Waals surface area contributed by atoms with E-state index in [2.05, 4.69) is 18.9 Å². The summed E-state index contributed by atoms with van der Waals surface area (Å²) in [6.45, 7) is 6.10. The molecule has 0 aliphatic carbocycles. The standard InChI is InChI=1S/C18H28N2O3S/c1-3-19(2)14-16-13-18(15-23-16)9-11-20(12-10-18)24(21,22)17-7-5-4-6-8-17/h4-8,16H,3,9-15H2,1-2H3/t16-/m1/s1. The largest absolute Gasteiger partial charge is 0.376 e. The Labute approximate surface area is 145 Å². The molecule has 0 amide bonds. The highest BCUT2D eigenvalue weighted by Gasteiger charge is 2.44. The van der Waals surface area contributed by atoms with E-state index in [4.69, 9.17) is 4.74 Å². The topological polar surface area (TPSA) is 49.9 Å². The van der Waals surface area contributed by atoms with E-state index in [0.717, 1.165) is 39.0 Å². The second kappa shape index (κ2) is 7.12. The number of ether oxygens (including phenoxy) is 1. The lowest BCUT2D eigenvalue weighted by atomic mass is 9.77. The summed E-state index contributed by atoms with van der Waals surface area (Å²) in [6, 6.07) is 8.74. The van der Waals surface area contributed by atoms with Gasteiger partial charge in [0.15, 0.2) is 0 Å². The quantitative estimate of drug-likeness (QED) is 0.815. The van der Waals surface area contributed by atoms with Gasteiger partial charge in [-0.3, -0.25) is 0 Å². The lowest BCUT2D eigenvalue weighted by Crippen LogP contribution is -2.43. The average Bonchev–Trinajstić information content (AvgIpc) is 2.98. The first-order valence-corrected chi connectivity index (χ1v) is 10.2. The minimum Gasteiger partial charge on any atom is -0.376 e. The van der Waals surface area contributed by atoms with Crippen LogP contribution in [0.25, 0.3) is 0 Å². The van der Waals surface area contributed by atoms with Gasteiger partial charge in [-0.1, -0.05) is 25.1 Å². The summed E-state index contributed by atoms with van der Waals surface area (Å²) in [7, 11) is -1.25. The fraction of sp³-hybridized carbons (Fsp3) is 0.667. The van der Waals surface area contributed by atoms with Crippen molar-refractivity contribution in [3.05, 3.63) is 30.3 Å². The Bertz CT molecular complexity index is 639. The monoisotopic (exact) mass is 352 g/mol. The van der Waals surface area contributed by atoms with E-state index < -0.39 is 10.0 Å². The van der Waals surface area contributed by atoms with E-state index >= 15 is 0 Å². The third kappa shape index (κ3) is 3.67. The summed E-state index contributed by atoms with van der Waals surface area (Å²) >= 11 is 0. The third-order valence-electron chi connectivity index (χ3n) is 5.51. The second-order valence-electron chi connectivity index (χ2n) is 7.21. The van der Waals surface area contributed by atoms with Gasteiger partial charge in [-0.2, -0.15) is 4.31 Å². The van der Waals surface area contributed by atoms with Gasteiger partial charge in [-0.25, -0.2) is 8.42 Å². The number of hydrogen-bond acceptors (Lipinski definition) is 4. The molecule has 1 aromatic rings. The van der Waals surface area contributed by atoms with E-state index in [1.54, 1.807) is 28.6 Å². The van der Waals surface area contributed by atoms with Crippen LogP contribution in [0.5, 0.6) is 0 Å². The summed E-state index contributed by atoms with van der Waals surface area (Å²) in [5.41, 5.74) is 0.169. The van der Waals surface area contributed by atoms with Crippen molar-refractivity contribution >= 4 is 10.0 Å². The summed E-state index contributed by atoms with van der Waals surface area (Å²) < 4.78 is 33.1. The summed E-state index contributed by atoms with van der Waals surface area (Å²) in [4.78, 5) is 2.67. The van der Waals surface area contributed by atoms with E-state index in [9.17, 15) is 8.42 Å². The van der Waals surface area contributed by atoms with E-state index in [1.807, 2.05) is 6.07 Å². The summed E-state index contributed by atoms with van der Waals surface area (Å²) in [5.74, 6) is 0. The molecule has 0 N–H and O–H groups in total. The van der Waals surface area contributed by atoms with Gasteiger partial charge in [-0.05, 0) is 50.4 Å². The normalized spacial score (nSPS) is 24.7. The molecule has 134 valence electrons. The van der Waals surface area contributed by atoms with Gasteiger partial charge in [0.1, 0.15) is 0 Å². The zero-order chi connectivity index (χ0) is 17.2. The van der Waals surface area contributed by atoms with E-state index in [0.29, 0.717) is 18.0 Å². The predicted octanol–water partition coefficient (Wildman–Crippen LogP) is 2.20. The fourth-order valence-corrected chi connectivity index (χ4v) is 5.24. The van der Waals surface area contributed by atoms with Crippen molar-refractivity contribution in [2.75, 3.05) is 39.8 Å². The maximum absolute atomic E-state index is 12.7. The number of nitrogens with zero attached hydrogens (tertiary/aromatic N) is 2. The summed E-state index contributed by atoms with van der Waals surface area (Å²) in [5, 5.41) is 0. The Hall–Kier alpha value is -0.950. The molecule has 0 saturated carbocycles. The molecule has 6 heteroatoms. The van der Waals surface area contributed by atoms with Crippen molar-refractivity contribution in [2.24, 2.45) is 5.41 Å². The molecule has 2 aliphatic rings. The lowest BCUT2D eigenvalue weighted by molar-refractivity contribution is 0.0640. The van der Waals surface area contributed by atoms with Gasteiger partial charge in [0, 0.05) is 19.6 Å². The molecule has 5 nitrogen and oxygen atoms in total. The van der Waals surface area contributed by atoms with Crippen LogP contribution in [0.4, 0.5) is 0 Å². The van der Waals surface area contributed by atoms with Crippen LogP contribution in [0.2, 0.25) is 0 Å². The van der Waals surface area contributed by atoms with E-state index in [-0.39, 0.29) is 11.5 Å². The van der Waals surface area contributed by atoms with Crippen LogP contribution in [-0.4, -0.2) is 63.6 Å². The number of hydrogen-bond donors (Lipinski definition) is 0. The second-order valence-corrected chi connectivity index (χ2v) is 9.15. The van der Waals surface area contributed by atoms with Crippen LogP contribution in [0.3, 0.4) is 0 Å². The smallest absolute Gasteiger partial charge is 0.243 e. The van der Waals surface area contributed by atoms with Crippen molar-refractivity contribution in [1.82, 2.24) is 9.21 Å². The first-order chi connectivity index (χ1) is 11.5. The molecule has 2 aliphatic heterocycles. The minimum absolute atomic E-state index is 0.169. The van der Waals surface area contributed by atoms with Crippen molar-refractivity contribution < 1.29 is 13.2 Å². The molecule has 0 bridgehead atoms. The van der Waals surface area contributed by atoms with Crippen LogP contribution in [-0.2, 0) is 14.8 Å². The Kier molecular flexibility index (Phi) is 5.30.